The molecule has 1 aromatic carbocycles. The molecule has 3 nitrogen and oxygen atoms in total. The summed E-state index contributed by atoms with van der Waals surface area (Å²) in [7, 11) is 0. The van der Waals surface area contributed by atoms with Crippen LogP contribution in [0.1, 0.15) is 5.56 Å². The van der Waals surface area contributed by atoms with Crippen LogP contribution in [0.2, 0.25) is 0 Å². The Labute approximate surface area is 77.9 Å². The summed E-state index contributed by atoms with van der Waals surface area (Å²) in [5.74, 6) is 0. The molecule has 3 heteroatoms. The number of para-hydroxylation sites is 1. The monoisotopic (exact) mass is 175 g/mol. The van der Waals surface area contributed by atoms with Gasteiger partial charge in [-0.1, -0.05) is 18.2 Å². The summed E-state index contributed by atoms with van der Waals surface area (Å²) < 4.78 is 0. The van der Waals surface area contributed by atoms with Gasteiger partial charge in [-0.25, -0.2) is 0 Å². The van der Waals surface area contributed by atoms with Crippen molar-refractivity contribution in [2.75, 3.05) is 18.0 Å². The first kappa shape index (κ1) is 8.26. The van der Waals surface area contributed by atoms with E-state index in [4.69, 9.17) is 5.73 Å². The van der Waals surface area contributed by atoms with E-state index in [9.17, 15) is 0 Å². The minimum atomic E-state index is 0.584. The van der Waals surface area contributed by atoms with Gasteiger partial charge in [0.25, 0.3) is 0 Å². The molecule has 1 aliphatic heterocycles. The van der Waals surface area contributed by atoms with Gasteiger partial charge in [0.15, 0.2) is 0 Å². The van der Waals surface area contributed by atoms with Crippen LogP contribution in [0.3, 0.4) is 0 Å². The molecular formula is C10H13N3. The summed E-state index contributed by atoms with van der Waals surface area (Å²) in [6.07, 6.45) is 1.88. The number of hydrogen-bond donors (Lipinski definition) is 1. The number of benzene rings is 1. The van der Waals surface area contributed by atoms with Crippen LogP contribution in [0.25, 0.3) is 0 Å². The number of nitrogens with two attached hydrogens (primary N) is 1. The van der Waals surface area contributed by atoms with E-state index < -0.39 is 0 Å². The third-order valence-electron chi connectivity index (χ3n) is 2.21. The average molecular weight is 175 g/mol. The van der Waals surface area contributed by atoms with Crippen LogP contribution in [-0.2, 0) is 6.54 Å². The van der Waals surface area contributed by atoms with Gasteiger partial charge < -0.3 is 10.6 Å². The molecule has 0 amide bonds. The summed E-state index contributed by atoms with van der Waals surface area (Å²) in [5.41, 5.74) is 8.01. The molecule has 1 aromatic rings. The van der Waals surface area contributed by atoms with E-state index in [0.29, 0.717) is 6.54 Å². The van der Waals surface area contributed by atoms with E-state index in [1.54, 1.807) is 0 Å². The fraction of sp³-hybridized carbons (Fsp3) is 0.300. The zero-order valence-corrected chi connectivity index (χ0v) is 7.48. The molecule has 0 saturated heterocycles. The van der Waals surface area contributed by atoms with Gasteiger partial charge in [0.05, 0.1) is 12.9 Å². The van der Waals surface area contributed by atoms with Crippen molar-refractivity contribution in [1.29, 1.82) is 0 Å². The summed E-state index contributed by atoms with van der Waals surface area (Å²) in [6, 6.07) is 8.18. The highest BCUT2D eigenvalue weighted by molar-refractivity contribution is 5.82. The van der Waals surface area contributed by atoms with Crippen molar-refractivity contribution in [3.8, 4) is 0 Å². The van der Waals surface area contributed by atoms with Gasteiger partial charge in [0, 0.05) is 18.8 Å². The van der Waals surface area contributed by atoms with E-state index in [0.717, 1.165) is 13.1 Å². The number of anilines is 1. The van der Waals surface area contributed by atoms with Crippen LogP contribution in [-0.4, -0.2) is 19.4 Å². The summed E-state index contributed by atoms with van der Waals surface area (Å²) >= 11 is 0. The molecule has 0 fully saturated rings. The Morgan fingerprint density at radius 2 is 2.23 bits per heavy atom. The molecule has 1 aliphatic rings. The zero-order chi connectivity index (χ0) is 9.10. The fourth-order valence-corrected chi connectivity index (χ4v) is 1.53. The topological polar surface area (TPSA) is 41.6 Å². The first-order valence-corrected chi connectivity index (χ1v) is 4.46. The van der Waals surface area contributed by atoms with Crippen LogP contribution in [0.15, 0.2) is 29.3 Å². The Morgan fingerprint density at radius 1 is 1.38 bits per heavy atom. The van der Waals surface area contributed by atoms with Gasteiger partial charge in [-0.3, -0.25) is 4.99 Å². The van der Waals surface area contributed by atoms with E-state index in [1.807, 2.05) is 18.5 Å². The lowest BCUT2D eigenvalue weighted by atomic mass is 10.1. The van der Waals surface area contributed by atoms with Gasteiger partial charge in [-0.05, 0) is 11.6 Å². The maximum Gasteiger partial charge on any atom is 0.0895 e. The molecule has 68 valence electrons. The standard InChI is InChI=1S/C10H13N3/c11-7-9-3-1-2-4-10(9)13-6-5-12-8-13/h1-4,8H,5-7,11H2. The van der Waals surface area contributed by atoms with Crippen molar-refractivity contribution in [2.45, 2.75) is 6.54 Å². The highest BCUT2D eigenvalue weighted by atomic mass is 15.2. The van der Waals surface area contributed by atoms with Crippen LogP contribution in [0.5, 0.6) is 0 Å². The van der Waals surface area contributed by atoms with Crippen LogP contribution < -0.4 is 10.6 Å². The van der Waals surface area contributed by atoms with E-state index in [-0.39, 0.29) is 0 Å². The molecule has 0 saturated carbocycles. The molecule has 0 spiro atoms. The Hall–Kier alpha value is -1.35. The number of nitrogens with zero attached hydrogens (tertiary/aromatic N) is 2. The molecule has 0 atom stereocenters. The second-order valence-corrected chi connectivity index (χ2v) is 3.05. The third-order valence-corrected chi connectivity index (χ3v) is 2.21. The Balaban J connectivity index is 2.32. The van der Waals surface area contributed by atoms with Crippen molar-refractivity contribution in [3.05, 3.63) is 29.8 Å². The second kappa shape index (κ2) is 3.58. The molecule has 0 bridgehead atoms. The van der Waals surface area contributed by atoms with Crippen molar-refractivity contribution in [2.24, 2.45) is 10.7 Å². The normalized spacial score (nSPS) is 15.3. The highest BCUT2D eigenvalue weighted by Crippen LogP contribution is 2.19. The molecule has 0 radical (unpaired) electrons. The lowest BCUT2D eigenvalue weighted by molar-refractivity contribution is 0.995. The lowest BCUT2D eigenvalue weighted by Crippen LogP contribution is -2.20. The molecule has 13 heavy (non-hydrogen) atoms. The minimum absolute atomic E-state index is 0.584. The predicted octanol–water partition coefficient (Wildman–Crippen LogP) is 0.994. The maximum absolute atomic E-state index is 5.65. The first-order valence-electron chi connectivity index (χ1n) is 4.46. The second-order valence-electron chi connectivity index (χ2n) is 3.05. The fourth-order valence-electron chi connectivity index (χ4n) is 1.53. The van der Waals surface area contributed by atoms with Gasteiger partial charge >= 0.3 is 0 Å². The van der Waals surface area contributed by atoms with Crippen molar-refractivity contribution in [1.82, 2.24) is 0 Å². The van der Waals surface area contributed by atoms with E-state index in [1.165, 1.54) is 11.3 Å². The third kappa shape index (κ3) is 1.55. The molecule has 0 aliphatic carbocycles. The summed E-state index contributed by atoms with van der Waals surface area (Å²) in [5, 5.41) is 0. The van der Waals surface area contributed by atoms with Crippen molar-refractivity contribution in [3.63, 3.8) is 0 Å². The summed E-state index contributed by atoms with van der Waals surface area (Å²) in [6.45, 7) is 2.44. The van der Waals surface area contributed by atoms with Gasteiger partial charge in [-0.15, -0.1) is 0 Å². The van der Waals surface area contributed by atoms with E-state index in [2.05, 4.69) is 22.0 Å². The van der Waals surface area contributed by atoms with Crippen LogP contribution in [0.4, 0.5) is 5.69 Å². The Bertz CT molecular complexity index is 320. The predicted molar refractivity (Wildman–Crippen MR) is 55.0 cm³/mol. The van der Waals surface area contributed by atoms with Gasteiger partial charge in [0.1, 0.15) is 0 Å². The lowest BCUT2D eigenvalue weighted by Gasteiger charge is -2.17. The number of hydrogen-bond acceptors (Lipinski definition) is 3. The maximum atomic E-state index is 5.65. The van der Waals surface area contributed by atoms with Crippen LogP contribution >= 0.6 is 0 Å². The van der Waals surface area contributed by atoms with Crippen molar-refractivity contribution >= 4 is 12.0 Å². The SMILES string of the molecule is NCc1ccccc1N1C=NCC1. The van der Waals surface area contributed by atoms with Gasteiger partial charge in [0.2, 0.25) is 0 Å². The average Bonchev–Trinajstić information content (AvgIpc) is 2.70. The van der Waals surface area contributed by atoms with Gasteiger partial charge in [-0.2, -0.15) is 0 Å². The Kier molecular flexibility index (Phi) is 2.27. The molecule has 2 rings (SSSR count). The van der Waals surface area contributed by atoms with Crippen LogP contribution in [0, 0.1) is 0 Å². The molecule has 0 unspecified atom stereocenters. The largest absolute Gasteiger partial charge is 0.331 e. The molecule has 0 aromatic heterocycles. The first-order chi connectivity index (χ1) is 6.42. The van der Waals surface area contributed by atoms with E-state index >= 15 is 0 Å². The summed E-state index contributed by atoms with van der Waals surface area (Å²) in [4.78, 5) is 6.32. The smallest absolute Gasteiger partial charge is 0.0895 e. The number of rotatable bonds is 2. The minimum Gasteiger partial charge on any atom is -0.331 e. The molecule has 1 heterocycles. The zero-order valence-electron chi connectivity index (χ0n) is 7.48. The quantitative estimate of drug-likeness (QED) is 0.728. The Morgan fingerprint density at radius 3 is 2.92 bits per heavy atom. The molecular weight excluding hydrogens is 162 g/mol. The van der Waals surface area contributed by atoms with Crippen molar-refractivity contribution < 1.29 is 0 Å². The number of aliphatic imine (C=N–C) groups is 1. The molecule has 2 N–H and O–H groups in total. The highest BCUT2D eigenvalue weighted by Gasteiger charge is 2.10.